The van der Waals surface area contributed by atoms with E-state index in [1.807, 2.05) is 31.2 Å². The van der Waals surface area contributed by atoms with Crippen LogP contribution in [0.5, 0.6) is 11.5 Å². The smallest absolute Gasteiger partial charge is 0.168 e. The van der Waals surface area contributed by atoms with E-state index in [-0.39, 0.29) is 0 Å². The molecule has 1 aromatic carbocycles. The second-order valence-corrected chi connectivity index (χ2v) is 3.97. The number of aryl methyl sites for hydroxylation is 1. The van der Waals surface area contributed by atoms with Crippen molar-refractivity contribution in [1.82, 2.24) is 4.98 Å². The lowest BCUT2D eigenvalue weighted by Crippen LogP contribution is -1.96. The predicted molar refractivity (Wildman–Crippen MR) is 71.9 cm³/mol. The van der Waals surface area contributed by atoms with Crippen LogP contribution in [0.15, 0.2) is 30.5 Å². The Hall–Kier alpha value is -2.23. The number of rotatable bonds is 3. The van der Waals surface area contributed by atoms with Gasteiger partial charge in [-0.25, -0.2) is 4.98 Å². The largest absolute Gasteiger partial charge is 0.493 e. The van der Waals surface area contributed by atoms with Crippen molar-refractivity contribution in [2.75, 3.05) is 20.0 Å². The van der Waals surface area contributed by atoms with Crippen LogP contribution < -0.4 is 15.2 Å². The van der Waals surface area contributed by atoms with Gasteiger partial charge in [-0.15, -0.1) is 0 Å². The highest BCUT2D eigenvalue weighted by Gasteiger charge is 2.13. The fraction of sp³-hybridized carbons (Fsp3) is 0.214. The molecule has 18 heavy (non-hydrogen) atoms. The first-order valence-corrected chi connectivity index (χ1v) is 5.61. The molecule has 2 aromatic rings. The molecule has 0 atom stereocenters. The van der Waals surface area contributed by atoms with Gasteiger partial charge in [-0.1, -0.05) is 12.1 Å². The first kappa shape index (κ1) is 12.2. The summed E-state index contributed by atoms with van der Waals surface area (Å²) in [5, 5.41) is 0. The number of ether oxygens (including phenoxy) is 2. The van der Waals surface area contributed by atoms with Crippen LogP contribution in [0.3, 0.4) is 0 Å². The number of para-hydroxylation sites is 1. The molecule has 0 spiro atoms. The molecule has 0 saturated carbocycles. The first-order valence-electron chi connectivity index (χ1n) is 5.61. The lowest BCUT2D eigenvalue weighted by atomic mass is 10.0. The lowest BCUT2D eigenvalue weighted by molar-refractivity contribution is 0.356. The van der Waals surface area contributed by atoms with E-state index < -0.39 is 0 Å². The minimum Gasteiger partial charge on any atom is -0.493 e. The number of hydrogen-bond acceptors (Lipinski definition) is 4. The van der Waals surface area contributed by atoms with Crippen molar-refractivity contribution >= 4 is 5.82 Å². The molecule has 1 aromatic heterocycles. The number of nitrogens with zero attached hydrogens (tertiary/aromatic N) is 1. The average Bonchev–Trinajstić information content (AvgIpc) is 2.37. The van der Waals surface area contributed by atoms with E-state index in [0.29, 0.717) is 17.3 Å². The molecule has 0 aliphatic carbocycles. The topological polar surface area (TPSA) is 57.4 Å². The normalized spacial score (nSPS) is 10.2. The van der Waals surface area contributed by atoms with Crippen LogP contribution in [0.25, 0.3) is 11.1 Å². The van der Waals surface area contributed by atoms with Gasteiger partial charge in [0.25, 0.3) is 0 Å². The SMILES string of the molecule is COc1cccc(-c2cnc(N)cc2C)c1OC. The van der Waals surface area contributed by atoms with E-state index in [0.717, 1.165) is 16.7 Å². The summed E-state index contributed by atoms with van der Waals surface area (Å²) in [6.45, 7) is 1.99. The molecule has 0 unspecified atom stereocenters. The van der Waals surface area contributed by atoms with Gasteiger partial charge in [-0.3, -0.25) is 0 Å². The number of pyridine rings is 1. The van der Waals surface area contributed by atoms with Crippen LogP contribution >= 0.6 is 0 Å². The van der Waals surface area contributed by atoms with Gasteiger partial charge in [-0.05, 0) is 24.6 Å². The molecule has 94 valence electrons. The summed E-state index contributed by atoms with van der Waals surface area (Å²) in [4.78, 5) is 4.13. The van der Waals surface area contributed by atoms with Gasteiger partial charge in [0.1, 0.15) is 5.82 Å². The van der Waals surface area contributed by atoms with Crippen LogP contribution in [-0.4, -0.2) is 19.2 Å². The summed E-state index contributed by atoms with van der Waals surface area (Å²) in [6, 6.07) is 7.60. The Balaban J connectivity index is 2.63. The maximum absolute atomic E-state index is 5.67. The highest BCUT2D eigenvalue weighted by Crippen LogP contribution is 2.38. The molecule has 0 saturated heterocycles. The van der Waals surface area contributed by atoms with E-state index in [4.69, 9.17) is 15.2 Å². The number of benzene rings is 1. The molecule has 2 rings (SSSR count). The number of aromatic nitrogens is 1. The average molecular weight is 244 g/mol. The van der Waals surface area contributed by atoms with Crippen molar-refractivity contribution in [3.05, 3.63) is 36.0 Å². The molecule has 1 heterocycles. The zero-order valence-electron chi connectivity index (χ0n) is 10.7. The van der Waals surface area contributed by atoms with Gasteiger partial charge in [0.2, 0.25) is 0 Å². The van der Waals surface area contributed by atoms with Crippen molar-refractivity contribution < 1.29 is 9.47 Å². The van der Waals surface area contributed by atoms with Gasteiger partial charge in [0.15, 0.2) is 11.5 Å². The molecule has 0 aliphatic rings. The van der Waals surface area contributed by atoms with Crippen LogP contribution in [0, 0.1) is 6.92 Å². The Morgan fingerprint density at radius 3 is 2.50 bits per heavy atom. The minimum absolute atomic E-state index is 0.512. The Morgan fingerprint density at radius 2 is 1.89 bits per heavy atom. The van der Waals surface area contributed by atoms with Crippen molar-refractivity contribution in [1.29, 1.82) is 0 Å². The third-order valence-corrected chi connectivity index (χ3v) is 2.83. The number of nitrogen functional groups attached to an aromatic ring is 1. The van der Waals surface area contributed by atoms with Crippen molar-refractivity contribution in [3.8, 4) is 22.6 Å². The monoisotopic (exact) mass is 244 g/mol. The highest BCUT2D eigenvalue weighted by atomic mass is 16.5. The Labute approximate surface area is 106 Å². The van der Waals surface area contributed by atoms with Crippen molar-refractivity contribution in [3.63, 3.8) is 0 Å². The molecular weight excluding hydrogens is 228 g/mol. The molecule has 2 N–H and O–H groups in total. The fourth-order valence-electron chi connectivity index (χ4n) is 1.96. The van der Waals surface area contributed by atoms with Crippen LogP contribution in [0.1, 0.15) is 5.56 Å². The lowest BCUT2D eigenvalue weighted by Gasteiger charge is -2.14. The first-order chi connectivity index (χ1) is 8.67. The Bertz CT molecular complexity index is 568. The van der Waals surface area contributed by atoms with Crippen LogP contribution in [0.4, 0.5) is 5.82 Å². The summed E-state index contributed by atoms with van der Waals surface area (Å²) in [6.07, 6.45) is 1.75. The van der Waals surface area contributed by atoms with E-state index >= 15 is 0 Å². The van der Waals surface area contributed by atoms with Crippen molar-refractivity contribution in [2.45, 2.75) is 6.92 Å². The maximum Gasteiger partial charge on any atom is 0.168 e. The third-order valence-electron chi connectivity index (χ3n) is 2.83. The summed E-state index contributed by atoms with van der Waals surface area (Å²) in [5.41, 5.74) is 8.65. The zero-order valence-corrected chi connectivity index (χ0v) is 10.7. The summed E-state index contributed by atoms with van der Waals surface area (Å²) < 4.78 is 10.7. The Kier molecular flexibility index (Phi) is 3.37. The van der Waals surface area contributed by atoms with E-state index in [2.05, 4.69) is 4.98 Å². The number of methoxy groups -OCH3 is 2. The third kappa shape index (κ3) is 2.09. The van der Waals surface area contributed by atoms with Gasteiger partial charge in [0, 0.05) is 17.3 Å². The van der Waals surface area contributed by atoms with E-state index in [9.17, 15) is 0 Å². The summed E-state index contributed by atoms with van der Waals surface area (Å²) in [7, 11) is 3.25. The molecule has 0 radical (unpaired) electrons. The maximum atomic E-state index is 5.67. The predicted octanol–water partition coefficient (Wildman–Crippen LogP) is 2.66. The van der Waals surface area contributed by atoms with Gasteiger partial charge in [-0.2, -0.15) is 0 Å². The summed E-state index contributed by atoms with van der Waals surface area (Å²) >= 11 is 0. The van der Waals surface area contributed by atoms with Gasteiger partial charge >= 0.3 is 0 Å². The Morgan fingerprint density at radius 1 is 1.11 bits per heavy atom. The quantitative estimate of drug-likeness (QED) is 0.901. The minimum atomic E-state index is 0.512. The second-order valence-electron chi connectivity index (χ2n) is 3.97. The van der Waals surface area contributed by atoms with Crippen molar-refractivity contribution in [2.24, 2.45) is 0 Å². The molecular formula is C14H16N2O2. The fourth-order valence-corrected chi connectivity index (χ4v) is 1.96. The van der Waals surface area contributed by atoms with E-state index in [1.165, 1.54) is 0 Å². The zero-order chi connectivity index (χ0) is 13.1. The number of anilines is 1. The molecule has 4 heteroatoms. The van der Waals surface area contributed by atoms with E-state index in [1.54, 1.807) is 20.4 Å². The second kappa shape index (κ2) is 4.96. The standard InChI is InChI=1S/C14H16N2O2/c1-9-7-13(15)16-8-11(9)10-5-4-6-12(17-2)14(10)18-3/h4-8H,1-3H3,(H2,15,16). The molecule has 4 nitrogen and oxygen atoms in total. The van der Waals surface area contributed by atoms with Crippen LogP contribution in [-0.2, 0) is 0 Å². The molecule has 0 fully saturated rings. The van der Waals surface area contributed by atoms with Crippen LogP contribution in [0.2, 0.25) is 0 Å². The summed E-state index contributed by atoms with van der Waals surface area (Å²) in [5.74, 6) is 1.92. The number of nitrogens with two attached hydrogens (primary N) is 1. The number of hydrogen-bond donors (Lipinski definition) is 1. The highest BCUT2D eigenvalue weighted by molar-refractivity contribution is 5.76. The molecule has 0 aliphatic heterocycles. The molecule has 0 amide bonds. The van der Waals surface area contributed by atoms with Gasteiger partial charge < -0.3 is 15.2 Å². The molecule has 0 bridgehead atoms. The van der Waals surface area contributed by atoms with Gasteiger partial charge in [0.05, 0.1) is 14.2 Å².